The SMILES string of the molecule is CC.CC1(CO)CCCN1. The molecule has 1 rings (SSSR count). The third kappa shape index (κ3) is 2.67. The zero-order chi connectivity index (χ0) is 8.04. The normalized spacial score (nSPS) is 31.2. The standard InChI is InChI=1S/C6H13NO.C2H6/c1-6(5-8)3-2-4-7-6;1-2/h7-8H,2-5H2,1H3;1-2H3. The Labute approximate surface area is 63.6 Å². The Morgan fingerprint density at radius 2 is 2.10 bits per heavy atom. The van der Waals surface area contributed by atoms with Crippen molar-refractivity contribution in [2.45, 2.75) is 39.2 Å². The first-order valence-corrected chi connectivity index (χ1v) is 4.13. The minimum absolute atomic E-state index is 0.0417. The molecule has 0 radical (unpaired) electrons. The van der Waals surface area contributed by atoms with Gasteiger partial charge in [-0.1, -0.05) is 13.8 Å². The summed E-state index contributed by atoms with van der Waals surface area (Å²) in [4.78, 5) is 0. The van der Waals surface area contributed by atoms with Crippen LogP contribution in [-0.2, 0) is 0 Å². The molecule has 0 amide bonds. The zero-order valence-electron chi connectivity index (χ0n) is 7.28. The Morgan fingerprint density at radius 1 is 1.50 bits per heavy atom. The maximum absolute atomic E-state index is 8.76. The van der Waals surface area contributed by atoms with Crippen LogP contribution >= 0.6 is 0 Å². The molecule has 1 saturated heterocycles. The molecule has 0 bridgehead atoms. The molecule has 0 aromatic carbocycles. The van der Waals surface area contributed by atoms with Crippen LogP contribution in [0.1, 0.15) is 33.6 Å². The van der Waals surface area contributed by atoms with Crippen molar-refractivity contribution in [1.29, 1.82) is 0 Å². The Balaban J connectivity index is 0.000000371. The number of hydrogen-bond acceptors (Lipinski definition) is 2. The molecule has 0 saturated carbocycles. The van der Waals surface area contributed by atoms with Crippen LogP contribution in [0.4, 0.5) is 0 Å². The van der Waals surface area contributed by atoms with Gasteiger partial charge in [0.05, 0.1) is 6.61 Å². The van der Waals surface area contributed by atoms with Gasteiger partial charge < -0.3 is 10.4 Å². The quantitative estimate of drug-likeness (QED) is 0.580. The molecule has 1 aliphatic rings. The molecule has 0 aromatic heterocycles. The predicted octanol–water partition coefficient (Wildman–Crippen LogP) is 1.15. The van der Waals surface area contributed by atoms with Crippen LogP contribution in [-0.4, -0.2) is 23.8 Å². The summed E-state index contributed by atoms with van der Waals surface area (Å²) in [5.41, 5.74) is 0.0417. The molecule has 1 atom stereocenters. The van der Waals surface area contributed by atoms with Gasteiger partial charge in [-0.05, 0) is 26.3 Å². The van der Waals surface area contributed by atoms with E-state index in [1.54, 1.807) is 0 Å². The number of nitrogens with one attached hydrogen (secondary N) is 1. The first-order chi connectivity index (χ1) is 4.77. The summed E-state index contributed by atoms with van der Waals surface area (Å²) in [6, 6.07) is 0. The van der Waals surface area contributed by atoms with Crippen molar-refractivity contribution in [1.82, 2.24) is 5.32 Å². The molecular weight excluding hydrogens is 126 g/mol. The molecule has 0 aliphatic carbocycles. The highest BCUT2D eigenvalue weighted by Crippen LogP contribution is 2.16. The third-order valence-electron chi connectivity index (χ3n) is 1.81. The lowest BCUT2D eigenvalue weighted by atomic mass is 10.0. The van der Waals surface area contributed by atoms with Crippen LogP contribution in [0.3, 0.4) is 0 Å². The fraction of sp³-hybridized carbons (Fsp3) is 1.00. The van der Waals surface area contributed by atoms with Crippen molar-refractivity contribution >= 4 is 0 Å². The highest BCUT2D eigenvalue weighted by Gasteiger charge is 2.26. The average molecular weight is 145 g/mol. The van der Waals surface area contributed by atoms with Gasteiger partial charge in [0, 0.05) is 5.54 Å². The summed E-state index contributed by atoms with van der Waals surface area (Å²) in [5.74, 6) is 0. The molecule has 0 aromatic rings. The highest BCUT2D eigenvalue weighted by atomic mass is 16.3. The monoisotopic (exact) mass is 145 g/mol. The largest absolute Gasteiger partial charge is 0.394 e. The summed E-state index contributed by atoms with van der Waals surface area (Å²) in [5, 5.41) is 12.0. The van der Waals surface area contributed by atoms with E-state index in [0.717, 1.165) is 13.0 Å². The fourth-order valence-electron chi connectivity index (χ4n) is 1.09. The van der Waals surface area contributed by atoms with Gasteiger partial charge in [-0.3, -0.25) is 0 Å². The van der Waals surface area contributed by atoms with Crippen LogP contribution in [0, 0.1) is 0 Å². The summed E-state index contributed by atoms with van der Waals surface area (Å²) in [6.07, 6.45) is 2.32. The molecule has 1 fully saturated rings. The van der Waals surface area contributed by atoms with E-state index in [0.29, 0.717) is 0 Å². The number of aliphatic hydroxyl groups is 1. The topological polar surface area (TPSA) is 32.3 Å². The van der Waals surface area contributed by atoms with E-state index in [4.69, 9.17) is 5.11 Å². The summed E-state index contributed by atoms with van der Waals surface area (Å²) in [7, 11) is 0. The molecule has 1 aliphatic heterocycles. The van der Waals surface area contributed by atoms with Gasteiger partial charge in [-0.2, -0.15) is 0 Å². The molecule has 0 spiro atoms. The van der Waals surface area contributed by atoms with Crippen LogP contribution in [0.25, 0.3) is 0 Å². The van der Waals surface area contributed by atoms with E-state index in [9.17, 15) is 0 Å². The lowest BCUT2D eigenvalue weighted by Gasteiger charge is -2.19. The number of hydrogen-bond donors (Lipinski definition) is 2. The second kappa shape index (κ2) is 4.69. The molecule has 62 valence electrons. The molecule has 2 nitrogen and oxygen atoms in total. The van der Waals surface area contributed by atoms with Crippen molar-refractivity contribution in [2.75, 3.05) is 13.2 Å². The van der Waals surface area contributed by atoms with Crippen molar-refractivity contribution in [3.05, 3.63) is 0 Å². The lowest BCUT2D eigenvalue weighted by Crippen LogP contribution is -2.39. The van der Waals surface area contributed by atoms with Gasteiger partial charge >= 0.3 is 0 Å². The molecular formula is C8H19NO. The van der Waals surface area contributed by atoms with Crippen LogP contribution in [0.15, 0.2) is 0 Å². The number of aliphatic hydroxyl groups excluding tert-OH is 1. The minimum Gasteiger partial charge on any atom is -0.394 e. The Bertz CT molecular complexity index is 77.3. The predicted molar refractivity (Wildman–Crippen MR) is 44.1 cm³/mol. The van der Waals surface area contributed by atoms with Crippen molar-refractivity contribution in [2.24, 2.45) is 0 Å². The number of rotatable bonds is 1. The highest BCUT2D eigenvalue weighted by molar-refractivity contribution is 4.87. The maximum Gasteiger partial charge on any atom is 0.0610 e. The van der Waals surface area contributed by atoms with Gasteiger partial charge in [-0.25, -0.2) is 0 Å². The Kier molecular flexibility index (Phi) is 4.65. The van der Waals surface area contributed by atoms with E-state index >= 15 is 0 Å². The van der Waals surface area contributed by atoms with Crippen LogP contribution in [0.5, 0.6) is 0 Å². The van der Waals surface area contributed by atoms with Crippen molar-refractivity contribution in [3.63, 3.8) is 0 Å². The summed E-state index contributed by atoms with van der Waals surface area (Å²) >= 11 is 0. The third-order valence-corrected chi connectivity index (χ3v) is 1.81. The van der Waals surface area contributed by atoms with Gasteiger partial charge in [-0.15, -0.1) is 0 Å². The second-order valence-corrected chi connectivity index (χ2v) is 2.75. The second-order valence-electron chi connectivity index (χ2n) is 2.75. The van der Waals surface area contributed by atoms with Gasteiger partial charge in [0.25, 0.3) is 0 Å². The van der Waals surface area contributed by atoms with Gasteiger partial charge in [0.1, 0.15) is 0 Å². The van der Waals surface area contributed by atoms with E-state index in [1.165, 1.54) is 6.42 Å². The van der Waals surface area contributed by atoms with Crippen molar-refractivity contribution in [3.8, 4) is 0 Å². The smallest absolute Gasteiger partial charge is 0.0610 e. The fourth-order valence-corrected chi connectivity index (χ4v) is 1.09. The van der Waals surface area contributed by atoms with Crippen molar-refractivity contribution < 1.29 is 5.11 Å². The molecule has 2 N–H and O–H groups in total. The lowest BCUT2D eigenvalue weighted by molar-refractivity contribution is 0.192. The molecule has 2 heteroatoms. The summed E-state index contributed by atoms with van der Waals surface area (Å²) in [6.45, 7) is 7.39. The Morgan fingerprint density at radius 3 is 2.30 bits per heavy atom. The first-order valence-electron chi connectivity index (χ1n) is 4.13. The van der Waals surface area contributed by atoms with Crippen LogP contribution in [0.2, 0.25) is 0 Å². The molecule has 1 heterocycles. The maximum atomic E-state index is 8.76. The van der Waals surface area contributed by atoms with E-state index in [2.05, 4.69) is 12.2 Å². The van der Waals surface area contributed by atoms with Gasteiger partial charge in [0.2, 0.25) is 0 Å². The Hall–Kier alpha value is -0.0800. The minimum atomic E-state index is 0.0417. The molecule has 10 heavy (non-hydrogen) atoms. The first kappa shape index (κ1) is 9.92. The van der Waals surface area contributed by atoms with E-state index in [-0.39, 0.29) is 12.1 Å². The van der Waals surface area contributed by atoms with E-state index < -0.39 is 0 Å². The zero-order valence-corrected chi connectivity index (χ0v) is 7.28. The van der Waals surface area contributed by atoms with E-state index in [1.807, 2.05) is 13.8 Å². The molecule has 1 unspecified atom stereocenters. The summed E-state index contributed by atoms with van der Waals surface area (Å²) < 4.78 is 0. The van der Waals surface area contributed by atoms with Gasteiger partial charge in [0.15, 0.2) is 0 Å². The average Bonchev–Trinajstić information content (AvgIpc) is 2.42. The van der Waals surface area contributed by atoms with Crippen LogP contribution < -0.4 is 5.32 Å².